The topological polar surface area (TPSA) is 38.2 Å². The van der Waals surface area contributed by atoms with E-state index >= 15 is 0 Å². The number of benzene rings is 1. The molecule has 1 saturated heterocycles. The summed E-state index contributed by atoms with van der Waals surface area (Å²) in [6.07, 6.45) is 4.30. The van der Waals surface area contributed by atoms with Gasteiger partial charge in [-0.25, -0.2) is 9.97 Å². The van der Waals surface area contributed by atoms with Crippen molar-refractivity contribution in [1.29, 1.82) is 0 Å². The fraction of sp³-hybridized carbons (Fsp3) is 0.368. The van der Waals surface area contributed by atoms with Crippen LogP contribution in [0.2, 0.25) is 0 Å². The van der Waals surface area contributed by atoms with Gasteiger partial charge in [0.05, 0.1) is 11.5 Å². The van der Waals surface area contributed by atoms with Crippen LogP contribution in [0.3, 0.4) is 0 Å². The molecule has 1 aliphatic heterocycles. The lowest BCUT2D eigenvalue weighted by Crippen LogP contribution is -2.32. The Morgan fingerprint density at radius 2 is 2.12 bits per heavy atom. The Hall–Kier alpha value is -1.98. The summed E-state index contributed by atoms with van der Waals surface area (Å²) in [6.45, 7) is 4.87. The van der Waals surface area contributed by atoms with Crippen LogP contribution in [0.1, 0.15) is 19.8 Å². The smallest absolute Gasteiger partial charge is 0.141 e. The molecule has 24 heavy (non-hydrogen) atoms. The van der Waals surface area contributed by atoms with Crippen molar-refractivity contribution in [3.05, 3.63) is 42.0 Å². The molecule has 0 spiro atoms. The van der Waals surface area contributed by atoms with Gasteiger partial charge in [-0.1, -0.05) is 30.3 Å². The summed E-state index contributed by atoms with van der Waals surface area (Å²) < 4.78 is 5.83. The summed E-state index contributed by atoms with van der Waals surface area (Å²) in [6, 6.07) is 10.5. The Morgan fingerprint density at radius 1 is 1.25 bits per heavy atom. The Balaban J connectivity index is 1.78. The fourth-order valence-electron chi connectivity index (χ4n) is 3.33. The molecule has 3 aromatic rings. The third-order valence-electron chi connectivity index (χ3n) is 4.56. The Bertz CT molecular complexity index is 812. The van der Waals surface area contributed by atoms with E-state index in [1.165, 1.54) is 11.1 Å². The molecule has 4 rings (SSSR count). The van der Waals surface area contributed by atoms with Gasteiger partial charge in [0, 0.05) is 30.6 Å². The van der Waals surface area contributed by atoms with E-state index in [4.69, 9.17) is 4.74 Å². The summed E-state index contributed by atoms with van der Waals surface area (Å²) in [5, 5.41) is 3.35. The van der Waals surface area contributed by atoms with E-state index in [2.05, 4.69) is 51.4 Å². The van der Waals surface area contributed by atoms with Crippen molar-refractivity contribution in [3.63, 3.8) is 0 Å². The maximum Gasteiger partial charge on any atom is 0.141 e. The second-order valence-electron chi connectivity index (χ2n) is 6.07. The zero-order chi connectivity index (χ0) is 16.4. The second kappa shape index (κ2) is 6.87. The van der Waals surface area contributed by atoms with Crippen LogP contribution in [0.25, 0.3) is 21.3 Å². The molecular formula is C19H21N3OS. The number of aromatic nitrogens is 2. The van der Waals surface area contributed by atoms with Gasteiger partial charge in [-0.05, 0) is 25.3 Å². The molecule has 0 amide bonds. The Kier molecular flexibility index (Phi) is 4.45. The van der Waals surface area contributed by atoms with Crippen molar-refractivity contribution < 1.29 is 4.74 Å². The summed E-state index contributed by atoms with van der Waals surface area (Å²) in [4.78, 5) is 12.5. The monoisotopic (exact) mass is 339 g/mol. The number of anilines is 1. The van der Waals surface area contributed by atoms with E-state index in [0.717, 1.165) is 48.6 Å². The van der Waals surface area contributed by atoms with E-state index in [9.17, 15) is 0 Å². The summed E-state index contributed by atoms with van der Waals surface area (Å²) >= 11 is 1.68. The van der Waals surface area contributed by atoms with Gasteiger partial charge in [0.15, 0.2) is 0 Å². The molecule has 1 aromatic carbocycles. The van der Waals surface area contributed by atoms with Crippen LogP contribution in [0.15, 0.2) is 42.0 Å². The van der Waals surface area contributed by atoms with Crippen LogP contribution in [0.4, 0.5) is 5.82 Å². The molecule has 3 heterocycles. The summed E-state index contributed by atoms with van der Waals surface area (Å²) in [5.74, 6) is 1.03. The highest BCUT2D eigenvalue weighted by atomic mass is 32.1. The van der Waals surface area contributed by atoms with Crippen molar-refractivity contribution in [1.82, 2.24) is 9.97 Å². The molecule has 0 N–H and O–H groups in total. The minimum Gasteiger partial charge on any atom is -0.376 e. The largest absolute Gasteiger partial charge is 0.376 e. The number of hydrogen-bond acceptors (Lipinski definition) is 5. The molecule has 0 unspecified atom stereocenters. The van der Waals surface area contributed by atoms with Gasteiger partial charge in [-0.2, -0.15) is 0 Å². The van der Waals surface area contributed by atoms with Crippen molar-refractivity contribution >= 4 is 27.4 Å². The normalized spacial score (nSPS) is 17.5. The number of thiophene rings is 1. The van der Waals surface area contributed by atoms with Crippen molar-refractivity contribution in [2.75, 3.05) is 24.6 Å². The highest BCUT2D eigenvalue weighted by Crippen LogP contribution is 2.37. The van der Waals surface area contributed by atoms with Gasteiger partial charge in [-0.15, -0.1) is 11.3 Å². The van der Waals surface area contributed by atoms with Gasteiger partial charge < -0.3 is 9.64 Å². The predicted octanol–water partition coefficient (Wildman–Crippen LogP) is 4.36. The van der Waals surface area contributed by atoms with E-state index in [1.54, 1.807) is 17.7 Å². The average Bonchev–Trinajstić information content (AvgIpc) is 3.30. The Labute approximate surface area is 146 Å². The lowest BCUT2D eigenvalue weighted by Gasteiger charge is -2.25. The molecule has 1 aliphatic rings. The summed E-state index contributed by atoms with van der Waals surface area (Å²) in [7, 11) is 0. The van der Waals surface area contributed by atoms with Crippen LogP contribution in [0.5, 0.6) is 0 Å². The van der Waals surface area contributed by atoms with Gasteiger partial charge in [0.1, 0.15) is 17.0 Å². The van der Waals surface area contributed by atoms with E-state index in [1.807, 2.05) is 6.07 Å². The van der Waals surface area contributed by atoms with Gasteiger partial charge in [-0.3, -0.25) is 0 Å². The number of likely N-dealkylation sites (N-methyl/N-ethyl adjacent to an activating group) is 1. The van der Waals surface area contributed by atoms with E-state index in [0.29, 0.717) is 6.10 Å². The molecule has 2 aromatic heterocycles. The molecule has 1 fully saturated rings. The minimum atomic E-state index is 0.314. The highest BCUT2D eigenvalue weighted by molar-refractivity contribution is 7.17. The molecule has 4 nitrogen and oxygen atoms in total. The molecule has 0 radical (unpaired) electrons. The van der Waals surface area contributed by atoms with Crippen LogP contribution >= 0.6 is 11.3 Å². The van der Waals surface area contributed by atoms with Crippen molar-refractivity contribution in [3.8, 4) is 11.1 Å². The summed E-state index contributed by atoms with van der Waals surface area (Å²) in [5.41, 5.74) is 2.44. The third-order valence-corrected chi connectivity index (χ3v) is 5.45. The number of rotatable bonds is 5. The second-order valence-corrected chi connectivity index (χ2v) is 6.92. The van der Waals surface area contributed by atoms with E-state index in [-0.39, 0.29) is 0 Å². The first-order valence-corrected chi connectivity index (χ1v) is 9.39. The van der Waals surface area contributed by atoms with Gasteiger partial charge >= 0.3 is 0 Å². The maximum absolute atomic E-state index is 5.83. The molecular weight excluding hydrogens is 318 g/mol. The predicted molar refractivity (Wildman–Crippen MR) is 99.7 cm³/mol. The van der Waals surface area contributed by atoms with Gasteiger partial charge in [0.2, 0.25) is 0 Å². The number of fused-ring (bicyclic) bond motifs is 1. The lowest BCUT2D eigenvalue weighted by atomic mass is 10.1. The van der Waals surface area contributed by atoms with Gasteiger partial charge in [0.25, 0.3) is 0 Å². The molecule has 124 valence electrons. The van der Waals surface area contributed by atoms with E-state index < -0.39 is 0 Å². The zero-order valence-corrected chi connectivity index (χ0v) is 14.6. The number of nitrogens with zero attached hydrogens (tertiary/aromatic N) is 3. The Morgan fingerprint density at radius 3 is 2.88 bits per heavy atom. The maximum atomic E-state index is 5.83. The van der Waals surface area contributed by atoms with Crippen LogP contribution in [0, 0.1) is 0 Å². The number of ether oxygens (including phenoxy) is 1. The van der Waals surface area contributed by atoms with Crippen molar-refractivity contribution in [2.45, 2.75) is 25.9 Å². The molecule has 0 bridgehead atoms. The molecule has 0 aliphatic carbocycles. The minimum absolute atomic E-state index is 0.314. The lowest BCUT2D eigenvalue weighted by molar-refractivity contribution is 0.115. The van der Waals surface area contributed by atoms with Crippen LogP contribution in [-0.2, 0) is 4.74 Å². The average molecular weight is 339 g/mol. The first-order chi connectivity index (χ1) is 11.9. The first-order valence-electron chi connectivity index (χ1n) is 8.51. The number of hydrogen-bond donors (Lipinski definition) is 0. The highest BCUT2D eigenvalue weighted by Gasteiger charge is 2.22. The third kappa shape index (κ3) is 2.89. The quantitative estimate of drug-likeness (QED) is 0.692. The molecule has 0 saturated carbocycles. The molecule has 5 heteroatoms. The van der Waals surface area contributed by atoms with Crippen molar-refractivity contribution in [2.24, 2.45) is 0 Å². The zero-order valence-electron chi connectivity index (χ0n) is 13.8. The molecule has 1 atom stereocenters. The standard InChI is InChI=1S/C19H21N3OS/c1-2-22(11-15-9-6-10-23-15)18-17-16(14-7-4-3-5-8-14)12-24-19(17)21-13-20-18/h3-5,7-8,12-13,15H,2,6,9-11H2,1H3/t15-/m0/s1. The first kappa shape index (κ1) is 15.5. The van der Waals surface area contributed by atoms with Crippen LogP contribution < -0.4 is 4.90 Å². The SMILES string of the molecule is CCN(C[C@@H]1CCCO1)c1ncnc2scc(-c3ccccc3)c12. The van der Waals surface area contributed by atoms with Crippen LogP contribution in [-0.4, -0.2) is 35.8 Å². The fourth-order valence-corrected chi connectivity index (χ4v) is 4.24.